The lowest BCUT2D eigenvalue weighted by molar-refractivity contribution is 0.315. The highest BCUT2D eigenvalue weighted by molar-refractivity contribution is 7.89. The number of nitrogens with zero attached hydrogens (tertiary/aromatic N) is 3. The molecule has 2 heterocycles. The fourth-order valence-electron chi connectivity index (χ4n) is 2.59. The fourth-order valence-corrected chi connectivity index (χ4v) is 4.25. The van der Waals surface area contributed by atoms with Crippen molar-refractivity contribution >= 4 is 16.0 Å². The van der Waals surface area contributed by atoms with Crippen LogP contribution < -0.4 is 5.32 Å². The van der Waals surface area contributed by atoms with Crippen molar-refractivity contribution in [2.75, 3.05) is 18.9 Å². The number of sulfonamides is 1. The average Bonchev–Trinajstić information content (AvgIpc) is 2.73. The molecule has 1 unspecified atom stereocenters. The van der Waals surface area contributed by atoms with Gasteiger partial charge in [-0.1, -0.05) is 19.8 Å². The minimum Gasteiger partial charge on any atom is -0.357 e. The van der Waals surface area contributed by atoms with Crippen molar-refractivity contribution in [3.8, 4) is 0 Å². The topological polar surface area (TPSA) is 75.2 Å². The third-order valence-corrected chi connectivity index (χ3v) is 5.66. The molecule has 1 aromatic rings. The minimum atomic E-state index is -3.49. The molecule has 0 aliphatic carbocycles. The van der Waals surface area contributed by atoms with Gasteiger partial charge < -0.3 is 5.32 Å². The molecular weight excluding hydrogens is 276 g/mol. The van der Waals surface area contributed by atoms with Gasteiger partial charge in [0.1, 0.15) is 4.90 Å². The molecule has 0 radical (unpaired) electrons. The molecule has 2 rings (SSSR count). The van der Waals surface area contributed by atoms with Gasteiger partial charge in [-0.25, -0.2) is 18.4 Å². The lowest BCUT2D eigenvalue weighted by Gasteiger charge is -2.28. The first-order chi connectivity index (χ1) is 9.59. The maximum atomic E-state index is 12.7. The van der Waals surface area contributed by atoms with E-state index in [1.54, 1.807) is 11.4 Å². The summed E-state index contributed by atoms with van der Waals surface area (Å²) in [6, 6.07) is 0.0893. The Labute approximate surface area is 120 Å². The van der Waals surface area contributed by atoms with Crippen molar-refractivity contribution < 1.29 is 8.42 Å². The van der Waals surface area contributed by atoms with Crippen LogP contribution in [-0.4, -0.2) is 42.3 Å². The maximum Gasteiger partial charge on any atom is 0.246 e. The quantitative estimate of drug-likeness (QED) is 0.918. The summed E-state index contributed by atoms with van der Waals surface area (Å²) in [6.45, 7) is 2.63. The second kappa shape index (κ2) is 6.49. The standard InChI is InChI=1S/C13H22N4O2S/c1-3-11-7-5-4-6-8-17(11)20(18,19)12-9-15-13(14-2)16-10-12/h9-11H,3-8H2,1-2H3,(H,14,15,16). The van der Waals surface area contributed by atoms with Crippen LogP contribution in [0.4, 0.5) is 5.95 Å². The molecule has 1 aromatic heterocycles. The fraction of sp³-hybridized carbons (Fsp3) is 0.692. The molecule has 0 saturated carbocycles. The van der Waals surface area contributed by atoms with Crippen LogP contribution in [0.2, 0.25) is 0 Å². The third-order valence-electron chi connectivity index (χ3n) is 3.75. The van der Waals surface area contributed by atoms with Crippen LogP contribution in [0.15, 0.2) is 17.3 Å². The first-order valence-corrected chi connectivity index (χ1v) is 8.55. The summed E-state index contributed by atoms with van der Waals surface area (Å²) in [6.07, 6.45) is 7.65. The Bertz CT molecular complexity index is 530. The van der Waals surface area contributed by atoms with Gasteiger partial charge in [-0.15, -0.1) is 0 Å². The van der Waals surface area contributed by atoms with Crippen LogP contribution >= 0.6 is 0 Å². The molecule has 0 amide bonds. The van der Waals surface area contributed by atoms with Crippen molar-refractivity contribution in [3.63, 3.8) is 0 Å². The first kappa shape index (κ1) is 15.2. The average molecular weight is 298 g/mol. The molecule has 0 aromatic carbocycles. The summed E-state index contributed by atoms with van der Waals surface area (Å²) in [4.78, 5) is 8.19. The second-order valence-corrected chi connectivity index (χ2v) is 6.91. The number of hydrogen-bond donors (Lipinski definition) is 1. The number of aromatic nitrogens is 2. The Kier molecular flexibility index (Phi) is 4.93. The van der Waals surface area contributed by atoms with Gasteiger partial charge in [0, 0.05) is 19.6 Å². The van der Waals surface area contributed by atoms with Crippen LogP contribution in [0.1, 0.15) is 39.0 Å². The monoisotopic (exact) mass is 298 g/mol. The molecule has 1 aliphatic heterocycles. The molecule has 7 heteroatoms. The highest BCUT2D eigenvalue weighted by Crippen LogP contribution is 2.25. The van der Waals surface area contributed by atoms with Crippen LogP contribution in [0.3, 0.4) is 0 Å². The predicted octanol–water partition coefficient (Wildman–Crippen LogP) is 1.86. The van der Waals surface area contributed by atoms with E-state index in [-0.39, 0.29) is 10.9 Å². The van der Waals surface area contributed by atoms with Gasteiger partial charge >= 0.3 is 0 Å². The van der Waals surface area contributed by atoms with Gasteiger partial charge in [0.25, 0.3) is 0 Å². The summed E-state index contributed by atoms with van der Waals surface area (Å²) in [5, 5.41) is 2.78. The molecule has 1 saturated heterocycles. The zero-order valence-electron chi connectivity index (χ0n) is 12.0. The normalized spacial score (nSPS) is 21.4. The van der Waals surface area contributed by atoms with Gasteiger partial charge in [0.2, 0.25) is 16.0 Å². The van der Waals surface area contributed by atoms with Gasteiger partial charge in [0.05, 0.1) is 12.4 Å². The highest BCUT2D eigenvalue weighted by atomic mass is 32.2. The Balaban J connectivity index is 2.30. The number of anilines is 1. The summed E-state index contributed by atoms with van der Waals surface area (Å²) in [5.41, 5.74) is 0. The van der Waals surface area contributed by atoms with E-state index < -0.39 is 10.0 Å². The van der Waals surface area contributed by atoms with Gasteiger partial charge in [-0.2, -0.15) is 4.31 Å². The molecule has 20 heavy (non-hydrogen) atoms. The van der Waals surface area contributed by atoms with E-state index in [0.29, 0.717) is 12.5 Å². The van der Waals surface area contributed by atoms with Crippen molar-refractivity contribution in [3.05, 3.63) is 12.4 Å². The van der Waals surface area contributed by atoms with Gasteiger partial charge in [-0.3, -0.25) is 0 Å². The number of nitrogens with one attached hydrogen (secondary N) is 1. The van der Waals surface area contributed by atoms with Crippen LogP contribution in [0.5, 0.6) is 0 Å². The number of rotatable bonds is 4. The molecule has 6 nitrogen and oxygen atoms in total. The van der Waals surface area contributed by atoms with E-state index in [0.717, 1.165) is 32.1 Å². The first-order valence-electron chi connectivity index (χ1n) is 7.11. The minimum absolute atomic E-state index is 0.0893. The Morgan fingerprint density at radius 3 is 2.60 bits per heavy atom. The van der Waals surface area contributed by atoms with Gasteiger partial charge in [-0.05, 0) is 19.3 Å². The Morgan fingerprint density at radius 2 is 2.00 bits per heavy atom. The molecular formula is C13H22N4O2S. The summed E-state index contributed by atoms with van der Waals surface area (Å²) < 4.78 is 27.1. The van der Waals surface area contributed by atoms with Crippen molar-refractivity contribution in [2.45, 2.75) is 50.0 Å². The van der Waals surface area contributed by atoms with Crippen molar-refractivity contribution in [2.24, 2.45) is 0 Å². The zero-order chi connectivity index (χ0) is 14.6. The van der Waals surface area contributed by atoms with E-state index in [9.17, 15) is 8.42 Å². The molecule has 1 N–H and O–H groups in total. The van der Waals surface area contributed by atoms with Crippen LogP contribution in [0.25, 0.3) is 0 Å². The van der Waals surface area contributed by atoms with E-state index in [1.165, 1.54) is 12.4 Å². The molecule has 0 spiro atoms. The van der Waals surface area contributed by atoms with Gasteiger partial charge in [0.15, 0.2) is 0 Å². The summed E-state index contributed by atoms with van der Waals surface area (Å²) >= 11 is 0. The Morgan fingerprint density at radius 1 is 1.30 bits per heavy atom. The molecule has 112 valence electrons. The van der Waals surface area contributed by atoms with Crippen LogP contribution in [0, 0.1) is 0 Å². The van der Waals surface area contributed by atoms with Crippen molar-refractivity contribution in [1.82, 2.24) is 14.3 Å². The molecule has 0 bridgehead atoms. The predicted molar refractivity (Wildman–Crippen MR) is 78.0 cm³/mol. The number of hydrogen-bond acceptors (Lipinski definition) is 5. The van der Waals surface area contributed by atoms with Crippen LogP contribution in [-0.2, 0) is 10.0 Å². The molecule has 1 fully saturated rings. The van der Waals surface area contributed by atoms with E-state index >= 15 is 0 Å². The van der Waals surface area contributed by atoms with E-state index in [1.807, 2.05) is 6.92 Å². The Hall–Kier alpha value is -1.21. The smallest absolute Gasteiger partial charge is 0.246 e. The van der Waals surface area contributed by atoms with Crippen molar-refractivity contribution in [1.29, 1.82) is 0 Å². The zero-order valence-corrected chi connectivity index (χ0v) is 12.9. The second-order valence-electron chi connectivity index (χ2n) is 5.02. The highest BCUT2D eigenvalue weighted by Gasteiger charge is 2.31. The lowest BCUT2D eigenvalue weighted by atomic mass is 10.1. The van der Waals surface area contributed by atoms with E-state index in [2.05, 4.69) is 15.3 Å². The van der Waals surface area contributed by atoms with E-state index in [4.69, 9.17) is 0 Å². The summed E-state index contributed by atoms with van der Waals surface area (Å²) in [5.74, 6) is 0.423. The maximum absolute atomic E-state index is 12.7. The largest absolute Gasteiger partial charge is 0.357 e. The third kappa shape index (κ3) is 3.09. The summed E-state index contributed by atoms with van der Waals surface area (Å²) in [7, 11) is -1.79. The SMILES string of the molecule is CCC1CCCCCN1S(=O)(=O)c1cnc(NC)nc1. The molecule has 1 atom stereocenters. The molecule has 1 aliphatic rings. The lowest BCUT2D eigenvalue weighted by Crippen LogP contribution is -2.39.